The molecule has 19 heavy (non-hydrogen) atoms. The van der Waals surface area contributed by atoms with Crippen LogP contribution in [0.5, 0.6) is 0 Å². The summed E-state index contributed by atoms with van der Waals surface area (Å²) in [5.41, 5.74) is 7.39. The molecule has 0 heterocycles. The van der Waals surface area contributed by atoms with Gasteiger partial charge in [0.15, 0.2) is 0 Å². The molecule has 1 rings (SSSR count). The Morgan fingerprint density at radius 2 is 2.00 bits per heavy atom. The third-order valence-corrected chi connectivity index (χ3v) is 4.02. The highest BCUT2D eigenvalue weighted by Crippen LogP contribution is 2.29. The summed E-state index contributed by atoms with van der Waals surface area (Å²) in [6.07, 6.45) is 2.26. The van der Waals surface area contributed by atoms with Gasteiger partial charge in [0.2, 0.25) is 0 Å². The summed E-state index contributed by atoms with van der Waals surface area (Å²) in [5, 5.41) is 9.29. The van der Waals surface area contributed by atoms with Gasteiger partial charge >= 0.3 is 0 Å². The molecule has 0 bridgehead atoms. The fourth-order valence-corrected chi connectivity index (χ4v) is 2.93. The van der Waals surface area contributed by atoms with Gasteiger partial charge in [-0.15, -0.1) is 0 Å². The molecule has 0 radical (unpaired) electrons. The molecule has 0 aliphatic carbocycles. The third-order valence-electron chi connectivity index (χ3n) is 3.30. The second-order valence-electron chi connectivity index (χ2n) is 4.94. The van der Waals surface area contributed by atoms with Gasteiger partial charge in [-0.1, -0.05) is 47.5 Å². The zero-order valence-corrected chi connectivity index (χ0v) is 13.4. The van der Waals surface area contributed by atoms with Gasteiger partial charge in [0, 0.05) is 17.1 Å². The topological polar surface area (TPSA) is 49.5 Å². The van der Waals surface area contributed by atoms with E-state index in [1.807, 2.05) is 25.1 Å². The van der Waals surface area contributed by atoms with Crippen molar-refractivity contribution in [3.63, 3.8) is 0 Å². The van der Waals surface area contributed by atoms with E-state index in [1.54, 1.807) is 0 Å². The lowest BCUT2D eigenvalue weighted by Gasteiger charge is -2.34. The van der Waals surface area contributed by atoms with Crippen LogP contribution in [0.3, 0.4) is 0 Å². The molecule has 2 atom stereocenters. The van der Waals surface area contributed by atoms with Crippen molar-refractivity contribution in [1.29, 1.82) is 0 Å². The molecule has 2 unspecified atom stereocenters. The second-order valence-corrected chi connectivity index (χ2v) is 5.79. The van der Waals surface area contributed by atoms with E-state index in [4.69, 9.17) is 5.73 Å². The largest absolute Gasteiger partial charge is 0.395 e. The minimum Gasteiger partial charge on any atom is -0.395 e. The number of nitrogens with two attached hydrogens (primary N) is 1. The Morgan fingerprint density at radius 3 is 2.53 bits per heavy atom. The van der Waals surface area contributed by atoms with Crippen molar-refractivity contribution in [3.05, 3.63) is 34.3 Å². The first-order chi connectivity index (χ1) is 9.11. The fourth-order valence-electron chi connectivity index (χ4n) is 2.41. The number of rotatable bonds is 8. The Morgan fingerprint density at radius 1 is 1.32 bits per heavy atom. The van der Waals surface area contributed by atoms with E-state index in [9.17, 15) is 5.11 Å². The van der Waals surface area contributed by atoms with Gasteiger partial charge in [-0.05, 0) is 31.5 Å². The number of hydrogen-bond acceptors (Lipinski definition) is 3. The molecule has 1 aromatic rings. The lowest BCUT2D eigenvalue weighted by atomic mass is 9.98. The number of benzene rings is 1. The average molecular weight is 329 g/mol. The quantitative estimate of drug-likeness (QED) is 0.771. The molecule has 4 heteroatoms. The van der Waals surface area contributed by atoms with Gasteiger partial charge in [-0.25, -0.2) is 0 Å². The number of aliphatic hydroxyl groups excluding tert-OH is 1. The van der Waals surface area contributed by atoms with E-state index in [2.05, 4.69) is 33.8 Å². The maximum Gasteiger partial charge on any atom is 0.0558 e. The molecule has 0 amide bonds. The van der Waals surface area contributed by atoms with E-state index in [0.717, 1.165) is 23.9 Å². The van der Waals surface area contributed by atoms with E-state index in [0.29, 0.717) is 6.54 Å². The molecule has 3 N–H and O–H groups in total. The summed E-state index contributed by atoms with van der Waals surface area (Å²) in [5.74, 6) is 0. The van der Waals surface area contributed by atoms with Crippen molar-refractivity contribution in [1.82, 2.24) is 4.90 Å². The third kappa shape index (κ3) is 4.88. The molecule has 0 fully saturated rings. The minimum atomic E-state index is 0.0158. The van der Waals surface area contributed by atoms with Crippen molar-refractivity contribution in [2.45, 2.75) is 38.8 Å². The molecule has 0 aliphatic rings. The second kappa shape index (κ2) is 8.69. The standard InChI is InChI=1S/C15H25BrN2O/c1-3-4-9-18(10-11-19)15(12(2)17)13-7-5-6-8-14(13)16/h5-8,12,15,19H,3-4,9-11,17H2,1-2H3. The molecule has 0 aliphatic heterocycles. The van der Waals surface area contributed by atoms with Gasteiger partial charge in [-0.3, -0.25) is 4.90 Å². The van der Waals surface area contributed by atoms with Crippen molar-refractivity contribution >= 4 is 15.9 Å². The summed E-state index contributed by atoms with van der Waals surface area (Å²) in [6, 6.07) is 8.34. The molecule has 0 saturated carbocycles. The molecule has 108 valence electrons. The molecule has 1 aromatic carbocycles. The normalized spacial score (nSPS) is 14.6. The van der Waals surface area contributed by atoms with Gasteiger partial charge in [0.05, 0.1) is 12.6 Å². The molecule has 3 nitrogen and oxygen atoms in total. The summed E-state index contributed by atoms with van der Waals surface area (Å²) in [6.45, 7) is 5.99. The predicted molar refractivity (Wildman–Crippen MR) is 84.1 cm³/mol. The van der Waals surface area contributed by atoms with Crippen LogP contribution in [0, 0.1) is 0 Å². The maximum atomic E-state index is 9.29. The fraction of sp³-hybridized carbons (Fsp3) is 0.600. The van der Waals surface area contributed by atoms with Crippen molar-refractivity contribution in [2.75, 3.05) is 19.7 Å². The number of nitrogens with zero attached hydrogens (tertiary/aromatic N) is 1. The van der Waals surface area contributed by atoms with Gasteiger partial charge in [0.25, 0.3) is 0 Å². The monoisotopic (exact) mass is 328 g/mol. The Hall–Kier alpha value is -0.420. The first kappa shape index (κ1) is 16.6. The summed E-state index contributed by atoms with van der Waals surface area (Å²) < 4.78 is 1.08. The number of halogens is 1. The highest BCUT2D eigenvalue weighted by molar-refractivity contribution is 9.10. The van der Waals surface area contributed by atoms with Gasteiger partial charge in [0.1, 0.15) is 0 Å². The summed E-state index contributed by atoms with van der Waals surface area (Å²) in [4.78, 5) is 2.29. The molecule has 0 aromatic heterocycles. The van der Waals surface area contributed by atoms with Crippen LogP contribution in [0.4, 0.5) is 0 Å². The van der Waals surface area contributed by atoms with E-state index in [-0.39, 0.29) is 18.7 Å². The predicted octanol–water partition coefficient (Wildman–Crippen LogP) is 2.93. The Kier molecular flexibility index (Phi) is 7.61. The Bertz CT molecular complexity index is 371. The number of aliphatic hydroxyl groups is 1. The maximum absolute atomic E-state index is 9.29. The molecule has 0 spiro atoms. The van der Waals surface area contributed by atoms with Crippen LogP contribution in [0.2, 0.25) is 0 Å². The van der Waals surface area contributed by atoms with Crippen LogP contribution >= 0.6 is 15.9 Å². The van der Waals surface area contributed by atoms with Crippen LogP contribution < -0.4 is 5.73 Å². The van der Waals surface area contributed by atoms with Gasteiger partial charge in [-0.2, -0.15) is 0 Å². The van der Waals surface area contributed by atoms with Crippen molar-refractivity contribution < 1.29 is 5.11 Å². The molecular weight excluding hydrogens is 304 g/mol. The SMILES string of the molecule is CCCCN(CCO)C(c1ccccc1Br)C(C)N. The number of hydrogen-bond donors (Lipinski definition) is 2. The highest BCUT2D eigenvalue weighted by Gasteiger charge is 2.24. The van der Waals surface area contributed by atoms with Crippen LogP contribution in [-0.2, 0) is 0 Å². The molecular formula is C15H25BrN2O. The van der Waals surface area contributed by atoms with Crippen molar-refractivity contribution in [3.8, 4) is 0 Å². The summed E-state index contributed by atoms with van der Waals surface area (Å²) in [7, 11) is 0. The molecule has 0 saturated heterocycles. The lowest BCUT2D eigenvalue weighted by Crippen LogP contribution is -2.41. The highest BCUT2D eigenvalue weighted by atomic mass is 79.9. The van der Waals surface area contributed by atoms with Crippen LogP contribution in [0.1, 0.15) is 38.3 Å². The van der Waals surface area contributed by atoms with E-state index < -0.39 is 0 Å². The van der Waals surface area contributed by atoms with Crippen LogP contribution in [-0.4, -0.2) is 35.7 Å². The van der Waals surface area contributed by atoms with Crippen LogP contribution in [0.25, 0.3) is 0 Å². The average Bonchev–Trinajstić information content (AvgIpc) is 2.38. The first-order valence-electron chi connectivity index (χ1n) is 6.96. The zero-order chi connectivity index (χ0) is 14.3. The van der Waals surface area contributed by atoms with E-state index in [1.165, 1.54) is 5.56 Å². The van der Waals surface area contributed by atoms with E-state index >= 15 is 0 Å². The van der Waals surface area contributed by atoms with Crippen molar-refractivity contribution in [2.24, 2.45) is 5.73 Å². The van der Waals surface area contributed by atoms with Crippen LogP contribution in [0.15, 0.2) is 28.7 Å². The smallest absolute Gasteiger partial charge is 0.0558 e. The minimum absolute atomic E-state index is 0.0158. The number of unbranched alkanes of at least 4 members (excludes halogenated alkanes) is 1. The first-order valence-corrected chi connectivity index (χ1v) is 7.76. The van der Waals surface area contributed by atoms with Gasteiger partial charge < -0.3 is 10.8 Å². The summed E-state index contributed by atoms with van der Waals surface area (Å²) >= 11 is 3.61. The Labute approximate surface area is 124 Å². The Balaban J connectivity index is 2.99. The zero-order valence-electron chi connectivity index (χ0n) is 11.8. The lowest BCUT2D eigenvalue weighted by molar-refractivity contribution is 0.134.